The summed E-state index contributed by atoms with van der Waals surface area (Å²) in [5.41, 5.74) is 5.42. The number of rotatable bonds is 8. The van der Waals surface area contributed by atoms with Gasteiger partial charge in [-0.3, -0.25) is 9.59 Å². The molecule has 0 unspecified atom stereocenters. The third kappa shape index (κ3) is 6.79. The van der Waals surface area contributed by atoms with Crippen LogP contribution in [0.2, 0.25) is 0 Å². The Morgan fingerprint density at radius 2 is 1.84 bits per heavy atom. The van der Waals surface area contributed by atoms with Crippen LogP contribution in [-0.4, -0.2) is 55.7 Å². The van der Waals surface area contributed by atoms with E-state index in [0.717, 1.165) is 6.26 Å². The Balaban J connectivity index is 2.98. The predicted octanol–water partition coefficient (Wildman–Crippen LogP) is -0.0861. The van der Waals surface area contributed by atoms with Crippen molar-refractivity contribution in [1.82, 2.24) is 5.32 Å². The number of hydrogen-bond donors (Lipinski definition) is 3. The van der Waals surface area contributed by atoms with Crippen molar-refractivity contribution >= 4 is 44.9 Å². The molecule has 140 valence electrons. The number of benzene rings is 1. The molecule has 2 atom stereocenters. The number of aliphatic hydroxyl groups excluding tert-OH is 1. The van der Waals surface area contributed by atoms with Crippen molar-refractivity contribution in [3.05, 3.63) is 29.8 Å². The number of carbonyl (C=O) groups is 2. The Hall–Kier alpha value is -1.39. The van der Waals surface area contributed by atoms with Crippen molar-refractivity contribution in [3.8, 4) is 0 Å². The van der Waals surface area contributed by atoms with Crippen LogP contribution in [0.25, 0.3) is 0 Å². The van der Waals surface area contributed by atoms with E-state index in [1.807, 2.05) is 0 Å². The number of amides is 1. The summed E-state index contributed by atoms with van der Waals surface area (Å²) in [6.07, 6.45) is -0.260. The third-order valence-corrected chi connectivity index (χ3v) is 4.67. The Morgan fingerprint density at radius 1 is 1.28 bits per heavy atom. The standard InChI is InChI=1S/C14H18Cl2N2O6S/c1-25(22,23)9-4-2-8(3-5-9)12(20)10(7-24-11(19)6-17)18-14(21)13(15)16/h2-5,10,12-13,20H,6-7,17H2,1H3,(H,18,21)/t10-,12+/m0/s1. The molecule has 1 aromatic rings. The van der Waals surface area contributed by atoms with Gasteiger partial charge in [0.2, 0.25) is 0 Å². The van der Waals surface area contributed by atoms with Gasteiger partial charge in [0.25, 0.3) is 5.91 Å². The molecule has 25 heavy (non-hydrogen) atoms. The maximum absolute atomic E-state index is 11.7. The molecule has 0 spiro atoms. The van der Waals surface area contributed by atoms with Gasteiger partial charge in [0.15, 0.2) is 14.7 Å². The molecule has 0 saturated carbocycles. The second kappa shape index (κ2) is 9.35. The molecular formula is C14H18Cl2N2O6S. The minimum Gasteiger partial charge on any atom is -0.462 e. The fourth-order valence-corrected chi connectivity index (χ4v) is 2.60. The predicted molar refractivity (Wildman–Crippen MR) is 91.9 cm³/mol. The van der Waals surface area contributed by atoms with E-state index in [1.165, 1.54) is 24.3 Å². The normalized spacial score (nSPS) is 14.0. The monoisotopic (exact) mass is 412 g/mol. The number of alkyl halides is 2. The van der Waals surface area contributed by atoms with Gasteiger partial charge in [-0.2, -0.15) is 0 Å². The van der Waals surface area contributed by atoms with Gasteiger partial charge in [0.1, 0.15) is 12.7 Å². The first-order valence-electron chi connectivity index (χ1n) is 6.98. The van der Waals surface area contributed by atoms with Gasteiger partial charge in [-0.05, 0) is 17.7 Å². The number of halogens is 2. The zero-order valence-corrected chi connectivity index (χ0v) is 15.5. The van der Waals surface area contributed by atoms with Gasteiger partial charge in [-0.25, -0.2) is 8.42 Å². The lowest BCUT2D eigenvalue weighted by Crippen LogP contribution is -2.45. The zero-order valence-electron chi connectivity index (χ0n) is 13.2. The average molecular weight is 413 g/mol. The van der Waals surface area contributed by atoms with Crippen LogP contribution in [-0.2, 0) is 24.2 Å². The lowest BCUT2D eigenvalue weighted by atomic mass is 10.0. The highest BCUT2D eigenvalue weighted by atomic mass is 35.5. The summed E-state index contributed by atoms with van der Waals surface area (Å²) >= 11 is 10.9. The van der Waals surface area contributed by atoms with Crippen LogP contribution in [0.15, 0.2) is 29.2 Å². The lowest BCUT2D eigenvalue weighted by molar-refractivity contribution is -0.144. The topological polar surface area (TPSA) is 136 Å². The number of ether oxygens (including phenoxy) is 1. The van der Waals surface area contributed by atoms with Crippen LogP contribution >= 0.6 is 23.2 Å². The molecule has 0 heterocycles. The van der Waals surface area contributed by atoms with E-state index in [1.54, 1.807) is 0 Å². The molecule has 0 bridgehead atoms. The molecule has 0 fully saturated rings. The molecule has 8 nitrogen and oxygen atoms in total. The molecule has 0 aliphatic carbocycles. The summed E-state index contributed by atoms with van der Waals surface area (Å²) < 4.78 is 27.8. The van der Waals surface area contributed by atoms with Crippen molar-refractivity contribution < 1.29 is 27.9 Å². The molecule has 0 saturated heterocycles. The Labute approximate surface area is 155 Å². The fraction of sp³-hybridized carbons (Fsp3) is 0.429. The highest BCUT2D eigenvalue weighted by Crippen LogP contribution is 2.20. The maximum atomic E-state index is 11.7. The summed E-state index contributed by atoms with van der Waals surface area (Å²) in [6.45, 7) is -0.745. The van der Waals surface area contributed by atoms with Gasteiger partial charge in [-0.15, -0.1) is 0 Å². The van der Waals surface area contributed by atoms with E-state index in [0.29, 0.717) is 5.56 Å². The quantitative estimate of drug-likeness (QED) is 0.400. The lowest BCUT2D eigenvalue weighted by Gasteiger charge is -2.24. The van der Waals surface area contributed by atoms with Gasteiger partial charge >= 0.3 is 5.97 Å². The summed E-state index contributed by atoms with van der Waals surface area (Å²) in [5, 5.41) is 12.8. The van der Waals surface area contributed by atoms with Crippen molar-refractivity contribution in [1.29, 1.82) is 0 Å². The highest BCUT2D eigenvalue weighted by molar-refractivity contribution is 7.90. The van der Waals surface area contributed by atoms with Gasteiger partial charge in [0.05, 0.1) is 17.5 Å². The molecule has 1 rings (SSSR count). The van der Waals surface area contributed by atoms with Gasteiger partial charge in [0, 0.05) is 6.26 Å². The van der Waals surface area contributed by atoms with E-state index in [2.05, 4.69) is 5.32 Å². The summed E-state index contributed by atoms with van der Waals surface area (Å²) in [4.78, 5) is 21.5. The van der Waals surface area contributed by atoms with E-state index < -0.39 is 38.7 Å². The van der Waals surface area contributed by atoms with Gasteiger partial charge < -0.3 is 20.9 Å². The maximum Gasteiger partial charge on any atom is 0.319 e. The molecule has 0 radical (unpaired) electrons. The SMILES string of the molecule is CS(=O)(=O)c1ccc([C@@H](O)[C@H](COC(=O)CN)NC(=O)C(Cl)Cl)cc1. The second-order valence-electron chi connectivity index (χ2n) is 5.09. The minimum atomic E-state index is -3.39. The van der Waals surface area contributed by atoms with Gasteiger partial charge in [-0.1, -0.05) is 35.3 Å². The minimum absolute atomic E-state index is 0.0696. The number of esters is 1. The number of nitrogens with one attached hydrogen (secondary N) is 1. The number of aliphatic hydroxyl groups is 1. The first kappa shape index (κ1) is 21.7. The number of nitrogens with two attached hydrogens (primary N) is 1. The first-order chi connectivity index (χ1) is 11.6. The van der Waals surface area contributed by atoms with Crippen molar-refractivity contribution in [2.45, 2.75) is 21.9 Å². The molecule has 1 amide bonds. The van der Waals surface area contributed by atoms with Crippen molar-refractivity contribution in [3.63, 3.8) is 0 Å². The Morgan fingerprint density at radius 3 is 2.28 bits per heavy atom. The van der Waals surface area contributed by atoms with Crippen LogP contribution < -0.4 is 11.1 Å². The number of carbonyl (C=O) groups excluding carboxylic acids is 2. The molecule has 11 heteroatoms. The molecule has 4 N–H and O–H groups in total. The Bertz CT molecular complexity index is 709. The van der Waals surface area contributed by atoms with E-state index >= 15 is 0 Å². The van der Waals surface area contributed by atoms with Crippen LogP contribution in [0.3, 0.4) is 0 Å². The molecule has 1 aromatic carbocycles. The van der Waals surface area contributed by atoms with Crippen LogP contribution in [0, 0.1) is 0 Å². The number of sulfone groups is 1. The highest BCUT2D eigenvalue weighted by Gasteiger charge is 2.26. The molecule has 0 aromatic heterocycles. The van der Waals surface area contributed by atoms with Crippen LogP contribution in [0.5, 0.6) is 0 Å². The summed E-state index contributed by atoms with van der Waals surface area (Å²) in [5.74, 6) is -1.52. The Kier molecular flexibility index (Phi) is 8.10. The first-order valence-corrected chi connectivity index (χ1v) is 9.75. The van der Waals surface area contributed by atoms with Crippen LogP contribution in [0.4, 0.5) is 0 Å². The molecule has 0 aliphatic heterocycles. The van der Waals surface area contributed by atoms with E-state index in [-0.39, 0.29) is 18.0 Å². The summed E-state index contributed by atoms with van der Waals surface area (Å²) in [6, 6.07) is 4.31. The molecule has 0 aliphatic rings. The average Bonchev–Trinajstić information content (AvgIpc) is 2.56. The van der Waals surface area contributed by atoms with E-state index in [4.69, 9.17) is 33.7 Å². The van der Waals surface area contributed by atoms with Crippen LogP contribution in [0.1, 0.15) is 11.7 Å². The van der Waals surface area contributed by atoms with Crippen molar-refractivity contribution in [2.24, 2.45) is 5.73 Å². The second-order valence-corrected chi connectivity index (χ2v) is 8.20. The fourth-order valence-electron chi connectivity index (χ4n) is 1.84. The van der Waals surface area contributed by atoms with Crippen molar-refractivity contribution in [2.75, 3.05) is 19.4 Å². The third-order valence-electron chi connectivity index (χ3n) is 3.15. The number of hydrogen-bond acceptors (Lipinski definition) is 7. The van der Waals surface area contributed by atoms with E-state index in [9.17, 15) is 23.1 Å². The zero-order chi connectivity index (χ0) is 19.2. The molecular weight excluding hydrogens is 395 g/mol. The summed E-state index contributed by atoms with van der Waals surface area (Å²) in [7, 11) is -3.39. The smallest absolute Gasteiger partial charge is 0.319 e. The largest absolute Gasteiger partial charge is 0.462 e.